The predicted octanol–water partition coefficient (Wildman–Crippen LogP) is 2.92. The number of carbonyl (C=O) groups excluding carboxylic acids is 1. The van der Waals surface area contributed by atoms with Crippen molar-refractivity contribution in [3.05, 3.63) is 52.2 Å². The molecule has 118 valence electrons. The molecule has 1 atom stereocenters. The molecule has 3 rings (SSSR count). The number of ether oxygens (including phenoxy) is 1. The molecule has 0 saturated carbocycles. The van der Waals surface area contributed by atoms with E-state index in [1.807, 2.05) is 41.8 Å². The highest BCUT2D eigenvalue weighted by atomic mass is 32.2. The van der Waals surface area contributed by atoms with Crippen LogP contribution in [0.2, 0.25) is 0 Å². The van der Waals surface area contributed by atoms with E-state index >= 15 is 0 Å². The van der Waals surface area contributed by atoms with Gasteiger partial charge in [-0.2, -0.15) is 5.10 Å². The highest BCUT2D eigenvalue weighted by molar-refractivity contribution is 8.15. The third kappa shape index (κ3) is 4.20. The van der Waals surface area contributed by atoms with E-state index < -0.39 is 0 Å². The van der Waals surface area contributed by atoms with Crippen LogP contribution in [0.15, 0.2) is 52.0 Å². The van der Waals surface area contributed by atoms with Crippen molar-refractivity contribution in [1.82, 2.24) is 5.32 Å². The molecule has 1 aliphatic rings. The molecule has 1 aromatic carbocycles. The number of hydrogen-bond donors (Lipinski definition) is 1. The van der Waals surface area contributed by atoms with E-state index in [4.69, 9.17) is 4.74 Å². The lowest BCUT2D eigenvalue weighted by Gasteiger charge is -2.06. The Kier molecular flexibility index (Phi) is 5.09. The summed E-state index contributed by atoms with van der Waals surface area (Å²) in [6.07, 6.45) is 2.33. The summed E-state index contributed by atoms with van der Waals surface area (Å²) in [5.74, 6) is 0.776. The monoisotopic (exact) mass is 345 g/mol. The normalized spacial score (nSPS) is 19.4. The summed E-state index contributed by atoms with van der Waals surface area (Å²) in [6.45, 7) is 0. The van der Waals surface area contributed by atoms with Crippen LogP contribution in [0.4, 0.5) is 0 Å². The number of rotatable bonds is 5. The van der Waals surface area contributed by atoms with Crippen LogP contribution < -0.4 is 10.1 Å². The van der Waals surface area contributed by atoms with Crippen molar-refractivity contribution >= 4 is 40.4 Å². The molecule has 1 fully saturated rings. The number of benzene rings is 1. The van der Waals surface area contributed by atoms with Crippen LogP contribution in [0.3, 0.4) is 0 Å². The Morgan fingerprint density at radius 1 is 1.30 bits per heavy atom. The lowest BCUT2D eigenvalue weighted by atomic mass is 10.1. The zero-order valence-corrected chi connectivity index (χ0v) is 14.1. The first-order chi connectivity index (χ1) is 11.2. The molecule has 0 spiro atoms. The largest absolute Gasteiger partial charge is 0.497 e. The SMILES string of the molecule is COc1ccc(C[C@@H]2S/C(=N/N=C/c3cccs3)NC2=O)cc1. The molecule has 7 heteroatoms. The Balaban J connectivity index is 1.60. The minimum absolute atomic E-state index is 0.0316. The first kappa shape index (κ1) is 15.8. The Hall–Kier alpha value is -2.12. The zero-order valence-electron chi connectivity index (χ0n) is 12.4. The third-order valence-electron chi connectivity index (χ3n) is 3.23. The summed E-state index contributed by atoms with van der Waals surface area (Å²) in [7, 11) is 1.63. The molecule has 1 N–H and O–H groups in total. The molecular weight excluding hydrogens is 330 g/mol. The number of nitrogens with one attached hydrogen (secondary N) is 1. The van der Waals surface area contributed by atoms with E-state index in [-0.39, 0.29) is 11.2 Å². The van der Waals surface area contributed by atoms with Gasteiger partial charge in [-0.05, 0) is 35.6 Å². The molecule has 1 aromatic heterocycles. The highest BCUT2D eigenvalue weighted by Gasteiger charge is 2.30. The van der Waals surface area contributed by atoms with E-state index in [0.29, 0.717) is 11.6 Å². The van der Waals surface area contributed by atoms with Crippen molar-refractivity contribution in [3.8, 4) is 5.75 Å². The molecule has 0 bridgehead atoms. The molecule has 5 nitrogen and oxygen atoms in total. The van der Waals surface area contributed by atoms with Crippen molar-refractivity contribution < 1.29 is 9.53 Å². The first-order valence-corrected chi connectivity index (χ1v) is 8.75. The fourth-order valence-corrected chi connectivity index (χ4v) is 3.61. The van der Waals surface area contributed by atoms with Gasteiger partial charge in [0.2, 0.25) is 5.91 Å². The van der Waals surface area contributed by atoms with E-state index in [9.17, 15) is 4.79 Å². The number of methoxy groups -OCH3 is 1. The Labute approximate surface area is 142 Å². The molecule has 23 heavy (non-hydrogen) atoms. The summed E-state index contributed by atoms with van der Waals surface area (Å²) in [6, 6.07) is 11.6. The van der Waals surface area contributed by atoms with Crippen LogP contribution in [0.5, 0.6) is 5.75 Å². The van der Waals surface area contributed by atoms with Crippen molar-refractivity contribution in [2.75, 3.05) is 7.11 Å². The number of thioether (sulfide) groups is 1. The average molecular weight is 345 g/mol. The molecule has 0 unspecified atom stereocenters. The van der Waals surface area contributed by atoms with Gasteiger partial charge >= 0.3 is 0 Å². The minimum Gasteiger partial charge on any atom is -0.497 e. The molecule has 1 aliphatic heterocycles. The summed E-state index contributed by atoms with van der Waals surface area (Å²) < 4.78 is 5.13. The summed E-state index contributed by atoms with van der Waals surface area (Å²) in [5.41, 5.74) is 1.08. The maximum atomic E-state index is 12.0. The van der Waals surface area contributed by atoms with Crippen LogP contribution in [0, 0.1) is 0 Å². The standard InChI is InChI=1S/C16H15N3O2S2/c1-21-12-6-4-11(5-7-12)9-14-15(20)18-16(23-14)19-17-10-13-3-2-8-22-13/h2-8,10,14H,9H2,1H3,(H,18,19,20)/b17-10+/t14-/m0/s1. The van der Waals surface area contributed by atoms with Crippen molar-refractivity contribution in [1.29, 1.82) is 0 Å². The summed E-state index contributed by atoms with van der Waals surface area (Å²) in [4.78, 5) is 13.0. The van der Waals surface area contributed by atoms with Crippen molar-refractivity contribution in [3.63, 3.8) is 0 Å². The van der Waals surface area contributed by atoms with Crippen LogP contribution >= 0.6 is 23.1 Å². The van der Waals surface area contributed by atoms with Crippen molar-refractivity contribution in [2.24, 2.45) is 10.2 Å². The van der Waals surface area contributed by atoms with E-state index in [0.717, 1.165) is 16.2 Å². The van der Waals surface area contributed by atoms with Gasteiger partial charge in [0.25, 0.3) is 0 Å². The zero-order chi connectivity index (χ0) is 16.1. The molecule has 2 aromatic rings. The second-order valence-electron chi connectivity index (χ2n) is 4.81. The van der Waals surface area contributed by atoms with Gasteiger partial charge in [-0.15, -0.1) is 16.4 Å². The Morgan fingerprint density at radius 3 is 2.83 bits per heavy atom. The number of thiophene rings is 1. The molecule has 0 radical (unpaired) electrons. The van der Waals surface area contributed by atoms with Gasteiger partial charge in [-0.25, -0.2) is 0 Å². The van der Waals surface area contributed by atoms with E-state index in [1.165, 1.54) is 11.8 Å². The van der Waals surface area contributed by atoms with E-state index in [2.05, 4.69) is 15.5 Å². The number of carbonyl (C=O) groups is 1. The first-order valence-electron chi connectivity index (χ1n) is 6.99. The van der Waals surface area contributed by atoms with Crippen LogP contribution in [-0.4, -0.2) is 29.6 Å². The Morgan fingerprint density at radius 2 is 2.13 bits per heavy atom. The molecule has 2 heterocycles. The van der Waals surface area contributed by atoms with Crippen molar-refractivity contribution in [2.45, 2.75) is 11.7 Å². The van der Waals surface area contributed by atoms with E-state index in [1.54, 1.807) is 24.7 Å². The van der Waals surface area contributed by atoms with Crippen LogP contribution in [-0.2, 0) is 11.2 Å². The fourth-order valence-electron chi connectivity index (χ4n) is 2.07. The highest BCUT2D eigenvalue weighted by Crippen LogP contribution is 2.24. The maximum absolute atomic E-state index is 12.0. The number of nitrogens with zero attached hydrogens (tertiary/aromatic N) is 2. The molecular formula is C16H15N3O2S2. The second-order valence-corrected chi connectivity index (χ2v) is 6.98. The van der Waals surface area contributed by atoms with Gasteiger partial charge in [0.05, 0.1) is 18.6 Å². The topological polar surface area (TPSA) is 63.1 Å². The van der Waals surface area contributed by atoms with Gasteiger partial charge in [-0.1, -0.05) is 30.0 Å². The van der Waals surface area contributed by atoms with Gasteiger partial charge in [0, 0.05) is 4.88 Å². The molecule has 1 saturated heterocycles. The summed E-state index contributed by atoms with van der Waals surface area (Å²) >= 11 is 3.00. The second kappa shape index (κ2) is 7.43. The minimum atomic E-state index is -0.181. The predicted molar refractivity (Wildman–Crippen MR) is 95.6 cm³/mol. The van der Waals surface area contributed by atoms with Gasteiger partial charge in [-0.3, -0.25) is 4.79 Å². The number of hydrogen-bond acceptors (Lipinski definition) is 6. The number of amides is 1. The molecule has 1 amide bonds. The molecule has 0 aliphatic carbocycles. The van der Waals surface area contributed by atoms with Crippen LogP contribution in [0.1, 0.15) is 10.4 Å². The average Bonchev–Trinajstić information content (AvgIpc) is 3.19. The summed E-state index contributed by atoms with van der Waals surface area (Å²) in [5, 5.41) is 13.2. The lowest BCUT2D eigenvalue weighted by Crippen LogP contribution is -2.25. The quantitative estimate of drug-likeness (QED) is 0.669. The number of amidine groups is 1. The van der Waals surface area contributed by atoms with Gasteiger partial charge in [0.15, 0.2) is 5.17 Å². The van der Waals surface area contributed by atoms with Gasteiger partial charge in [0.1, 0.15) is 5.75 Å². The maximum Gasteiger partial charge on any atom is 0.239 e. The lowest BCUT2D eigenvalue weighted by molar-refractivity contribution is -0.118. The smallest absolute Gasteiger partial charge is 0.239 e. The Bertz CT molecular complexity index is 724. The third-order valence-corrected chi connectivity index (χ3v) is 5.11. The van der Waals surface area contributed by atoms with Crippen LogP contribution in [0.25, 0.3) is 0 Å². The fraction of sp³-hybridized carbons (Fsp3) is 0.188. The van der Waals surface area contributed by atoms with Gasteiger partial charge < -0.3 is 10.1 Å².